The van der Waals surface area contributed by atoms with Gasteiger partial charge in [0.2, 0.25) is 2.14 Å². The van der Waals surface area contributed by atoms with Gasteiger partial charge in [0.25, 0.3) is 0 Å². The number of nitrogens with two attached hydrogens (primary N) is 1. The molecule has 13 nitrogen and oxygen atoms in total. The van der Waals surface area contributed by atoms with Gasteiger partial charge in [-0.1, -0.05) is 0 Å². The van der Waals surface area contributed by atoms with Crippen molar-refractivity contribution in [2.75, 3.05) is 12.3 Å². The highest BCUT2D eigenvalue weighted by molar-refractivity contribution is 9.40. The van der Waals surface area contributed by atoms with Crippen LogP contribution in [0.1, 0.15) is 6.23 Å². The minimum Gasteiger partial charge on any atom is -0.746 e. The number of aliphatic hydroxyl groups excluding tert-OH is 2. The van der Waals surface area contributed by atoms with E-state index in [0.717, 1.165) is 0 Å². The molecule has 0 aliphatic carbocycles. The molecule has 4 N–H and O–H groups in total. The summed E-state index contributed by atoms with van der Waals surface area (Å²) in [5, 5.41) is 20.5. The van der Waals surface area contributed by atoms with Crippen molar-refractivity contribution in [2.24, 2.45) is 0 Å². The molecule has 17 heteroatoms. The number of alkyl halides is 3. The first-order valence-corrected chi connectivity index (χ1v) is 11.5. The first-order chi connectivity index (χ1) is 13.4. The van der Waals surface area contributed by atoms with Crippen LogP contribution in [0.5, 0.6) is 0 Å². The van der Waals surface area contributed by atoms with Crippen LogP contribution in [0.25, 0.3) is 11.2 Å². The van der Waals surface area contributed by atoms with Crippen molar-refractivity contribution in [1.29, 1.82) is 0 Å². The number of carbonyl (C=O) groups is 1. The summed E-state index contributed by atoms with van der Waals surface area (Å²) in [4.78, 5) is 35.2. The number of phosphoric acid groups is 1. The largest absolute Gasteiger partial charge is 0.746 e. The molecule has 1 aliphatic heterocycles. The zero-order valence-electron chi connectivity index (χ0n) is 14.0. The summed E-state index contributed by atoms with van der Waals surface area (Å²) in [6.07, 6.45) is -2.95. The van der Waals surface area contributed by atoms with Gasteiger partial charge >= 0.3 is 13.8 Å². The Balaban J connectivity index is 1.70. The summed E-state index contributed by atoms with van der Waals surface area (Å²) in [7, 11) is -5.09. The first kappa shape index (κ1) is 23.0. The molecule has 1 unspecified atom stereocenters. The lowest BCUT2D eigenvalue weighted by Crippen LogP contribution is -2.34. The number of fused-ring (bicyclic) bond motifs is 1. The van der Waals surface area contributed by atoms with Crippen LogP contribution in [0, 0.1) is 0 Å². The smallest absolute Gasteiger partial charge is 0.350 e. The Kier molecular flexibility index (Phi) is 6.68. The molecule has 1 fully saturated rings. The Morgan fingerprint density at radius 1 is 1.34 bits per heavy atom. The van der Waals surface area contributed by atoms with Gasteiger partial charge in [-0.05, 0) is 47.8 Å². The molecular weight excluding hydrogens is 613 g/mol. The van der Waals surface area contributed by atoms with E-state index < -0.39 is 47.1 Å². The van der Waals surface area contributed by atoms with Crippen molar-refractivity contribution in [3.05, 3.63) is 12.7 Å². The molecule has 0 aromatic carbocycles. The molecule has 1 saturated heterocycles. The fourth-order valence-corrected chi connectivity index (χ4v) is 3.84. The first-order valence-electron chi connectivity index (χ1n) is 7.61. The highest BCUT2D eigenvalue weighted by Crippen LogP contribution is 2.45. The zero-order valence-corrected chi connectivity index (χ0v) is 19.6. The topological polar surface area (TPSA) is 195 Å². The highest BCUT2D eigenvalue weighted by Gasteiger charge is 2.45. The van der Waals surface area contributed by atoms with Crippen LogP contribution in [0.15, 0.2) is 12.7 Å². The summed E-state index contributed by atoms with van der Waals surface area (Å²) in [5.74, 6) is -1.14. The molecule has 29 heavy (non-hydrogen) atoms. The van der Waals surface area contributed by atoms with Crippen LogP contribution in [-0.4, -0.2) is 62.8 Å². The summed E-state index contributed by atoms with van der Waals surface area (Å²) >= 11 is 8.41. The number of aliphatic hydroxyl groups is 2. The van der Waals surface area contributed by atoms with Gasteiger partial charge in [-0.25, -0.2) is 19.7 Å². The van der Waals surface area contributed by atoms with E-state index >= 15 is 0 Å². The monoisotopic (exact) mass is 622 g/mol. The molecule has 160 valence electrons. The number of hydrogen-bond donors (Lipinski definition) is 3. The van der Waals surface area contributed by atoms with Crippen LogP contribution in [-0.2, 0) is 23.1 Å². The van der Waals surface area contributed by atoms with Crippen LogP contribution in [0.4, 0.5) is 5.82 Å². The Hall–Kier alpha value is -0.710. The lowest BCUT2D eigenvalue weighted by molar-refractivity contribution is -0.227. The number of carbonyl (C=O) groups excluding carboxylic acids is 1. The fraction of sp³-hybridized carbons (Fsp3) is 0.500. The van der Waals surface area contributed by atoms with Crippen LogP contribution in [0.2, 0.25) is 0 Å². The number of nitrogen functional groups attached to an aromatic ring is 1. The van der Waals surface area contributed by atoms with Gasteiger partial charge in [-0.15, -0.1) is 0 Å². The van der Waals surface area contributed by atoms with Crippen molar-refractivity contribution in [1.82, 2.24) is 19.5 Å². The van der Waals surface area contributed by atoms with E-state index in [1.807, 2.05) is 0 Å². The number of imidazole rings is 1. The quantitative estimate of drug-likeness (QED) is 0.296. The Morgan fingerprint density at radius 3 is 2.69 bits per heavy atom. The minimum atomic E-state index is -5.09. The third-order valence-corrected chi connectivity index (χ3v) is 5.65. The fourth-order valence-electron chi connectivity index (χ4n) is 2.50. The number of hydrogen-bond acceptors (Lipinski definition) is 12. The molecule has 5 atom stereocenters. The van der Waals surface area contributed by atoms with E-state index in [4.69, 9.17) is 10.5 Å². The Labute approximate surface area is 187 Å². The SMILES string of the molecule is Nc1ncnc2c1ncn2[C@@H]1O[C@H](COP(=O)([O-])OC(=O)C(Br)(Br)Br)[C@@H](O)[C@H]1O. The van der Waals surface area contributed by atoms with E-state index in [0.29, 0.717) is 0 Å². The van der Waals surface area contributed by atoms with Crippen molar-refractivity contribution in [3.63, 3.8) is 0 Å². The van der Waals surface area contributed by atoms with Gasteiger partial charge in [0.1, 0.15) is 30.2 Å². The van der Waals surface area contributed by atoms with Gasteiger partial charge < -0.3 is 34.6 Å². The molecule has 1 aliphatic rings. The normalized spacial score (nSPS) is 27.1. The second kappa shape index (κ2) is 8.43. The maximum Gasteiger partial charge on any atom is 0.350 e. The average molecular weight is 625 g/mol. The maximum atomic E-state index is 11.8. The van der Waals surface area contributed by atoms with Crippen LogP contribution in [0.3, 0.4) is 0 Å². The van der Waals surface area contributed by atoms with Gasteiger partial charge in [0.05, 0.1) is 12.9 Å². The van der Waals surface area contributed by atoms with E-state index in [9.17, 15) is 24.5 Å². The second-order valence-corrected chi connectivity index (χ2v) is 13.8. The lowest BCUT2D eigenvalue weighted by Gasteiger charge is -2.25. The number of anilines is 1. The van der Waals surface area contributed by atoms with E-state index in [-0.39, 0.29) is 17.0 Å². The molecule has 3 rings (SSSR count). The Bertz CT molecular complexity index is 971. The van der Waals surface area contributed by atoms with Gasteiger partial charge in [-0.2, -0.15) is 0 Å². The molecule has 2 aromatic heterocycles. The number of nitrogens with zero attached hydrogens (tertiary/aromatic N) is 4. The summed E-state index contributed by atoms with van der Waals surface area (Å²) in [6, 6.07) is 0. The predicted octanol–water partition coefficient (Wildman–Crippen LogP) is -0.106. The van der Waals surface area contributed by atoms with Crippen molar-refractivity contribution >= 4 is 78.6 Å². The zero-order chi connectivity index (χ0) is 21.6. The van der Waals surface area contributed by atoms with E-state index in [2.05, 4.69) is 71.8 Å². The molecule has 0 saturated carbocycles. The van der Waals surface area contributed by atoms with Crippen molar-refractivity contribution in [3.8, 4) is 0 Å². The number of rotatable bonds is 5. The van der Waals surface area contributed by atoms with Gasteiger partial charge in [0.15, 0.2) is 17.7 Å². The van der Waals surface area contributed by atoms with Gasteiger partial charge in [0, 0.05) is 0 Å². The minimum absolute atomic E-state index is 0.109. The summed E-state index contributed by atoms with van der Waals surface area (Å²) in [5.41, 5.74) is 6.20. The van der Waals surface area contributed by atoms with Crippen molar-refractivity contribution < 1.29 is 38.3 Å². The third-order valence-electron chi connectivity index (χ3n) is 3.82. The van der Waals surface area contributed by atoms with Crippen LogP contribution >= 0.6 is 55.6 Å². The lowest BCUT2D eigenvalue weighted by atomic mass is 10.1. The molecule has 0 amide bonds. The third kappa shape index (κ3) is 4.97. The second-order valence-electron chi connectivity index (χ2n) is 5.75. The molecule has 0 radical (unpaired) electrons. The molecule has 0 spiro atoms. The standard InChI is InChI=1S/C12H13Br3N5O8P/c13-12(14,15)11(23)28-29(24,25)26-1-4-6(21)7(22)10(27-4)20-3-19-5-8(16)17-2-18-9(5)20/h2-4,6-7,10,21-22H,1H2,(H,24,25)(H2,16,17,18)/p-1/t4-,6-,7-,10-/m1/s1. The van der Waals surface area contributed by atoms with Crippen LogP contribution < -0.4 is 10.6 Å². The van der Waals surface area contributed by atoms with Crippen molar-refractivity contribution in [2.45, 2.75) is 26.7 Å². The van der Waals surface area contributed by atoms with E-state index in [1.54, 1.807) is 0 Å². The predicted molar refractivity (Wildman–Crippen MR) is 105 cm³/mol. The Morgan fingerprint density at radius 2 is 2.03 bits per heavy atom. The molecular formula is C12H12Br3N5O8P-. The maximum absolute atomic E-state index is 11.8. The average Bonchev–Trinajstić information content (AvgIpc) is 3.15. The molecule has 0 bridgehead atoms. The van der Waals surface area contributed by atoms with Gasteiger partial charge in [-0.3, -0.25) is 9.13 Å². The van der Waals surface area contributed by atoms with E-state index in [1.165, 1.54) is 17.2 Å². The number of ether oxygens (including phenoxy) is 1. The highest BCUT2D eigenvalue weighted by atomic mass is 80.0. The summed E-state index contributed by atoms with van der Waals surface area (Å²) in [6.45, 7) is -0.730. The number of aromatic nitrogens is 4. The molecule has 3 heterocycles. The summed E-state index contributed by atoms with van der Waals surface area (Å²) < 4.78 is 25.9. The number of phosphoric ester groups is 1. The molecule has 2 aromatic rings. The number of halogens is 3.